The van der Waals surface area contributed by atoms with Gasteiger partial charge in [0.15, 0.2) is 11.5 Å². The summed E-state index contributed by atoms with van der Waals surface area (Å²) in [6, 6.07) is 14.5. The molecule has 1 N–H and O–H groups in total. The molecule has 0 saturated carbocycles. The van der Waals surface area contributed by atoms with E-state index < -0.39 is 0 Å². The smallest absolute Gasteiger partial charge is 0.231 e. The number of benzene rings is 2. The lowest BCUT2D eigenvalue weighted by Crippen LogP contribution is -2.16. The number of fused-ring (bicyclic) bond motifs is 1. The molecule has 1 aromatic heterocycles. The van der Waals surface area contributed by atoms with Gasteiger partial charge in [-0.15, -0.1) is 12.4 Å². The summed E-state index contributed by atoms with van der Waals surface area (Å²) in [5, 5.41) is 7.71. The summed E-state index contributed by atoms with van der Waals surface area (Å²) in [7, 11) is 0. The van der Waals surface area contributed by atoms with Crippen molar-refractivity contribution in [2.45, 2.75) is 13.0 Å². The van der Waals surface area contributed by atoms with E-state index in [1.54, 1.807) is 6.20 Å². The number of hydrogen-bond acceptors (Lipinski definition) is 4. The second-order valence-corrected chi connectivity index (χ2v) is 6.71. The summed E-state index contributed by atoms with van der Waals surface area (Å²) >= 11 is 3.53. The van der Waals surface area contributed by atoms with Crippen LogP contribution in [0.4, 0.5) is 0 Å². The third-order valence-corrected chi connectivity index (χ3v) is 4.70. The molecular weight excluding hydrogens is 418 g/mol. The quantitative estimate of drug-likeness (QED) is 0.591. The highest BCUT2D eigenvalue weighted by molar-refractivity contribution is 9.10. The fourth-order valence-electron chi connectivity index (χ4n) is 2.83. The lowest BCUT2D eigenvalue weighted by molar-refractivity contribution is 0.173. The van der Waals surface area contributed by atoms with E-state index >= 15 is 0 Å². The first-order chi connectivity index (χ1) is 12.3. The van der Waals surface area contributed by atoms with Gasteiger partial charge in [-0.05, 0) is 70.4 Å². The third kappa shape index (κ3) is 4.20. The molecule has 1 aliphatic rings. The number of rotatable bonds is 6. The number of halogens is 2. The molecule has 136 valence electrons. The van der Waals surface area contributed by atoms with Crippen LogP contribution in [-0.4, -0.2) is 23.1 Å². The molecule has 0 atom stereocenters. The zero-order valence-corrected chi connectivity index (χ0v) is 16.4. The molecule has 7 heteroatoms. The van der Waals surface area contributed by atoms with Crippen molar-refractivity contribution in [2.24, 2.45) is 0 Å². The van der Waals surface area contributed by atoms with Crippen molar-refractivity contribution < 1.29 is 9.47 Å². The van der Waals surface area contributed by atoms with Gasteiger partial charge in [-0.2, -0.15) is 5.10 Å². The molecule has 0 fully saturated rings. The minimum absolute atomic E-state index is 0. The summed E-state index contributed by atoms with van der Waals surface area (Å²) in [5.41, 5.74) is 3.55. The highest BCUT2D eigenvalue weighted by Gasteiger charge is 2.17. The fraction of sp³-hybridized carbons (Fsp3) is 0.211. The molecule has 0 radical (unpaired) electrons. The molecule has 2 aromatic carbocycles. The van der Waals surface area contributed by atoms with Crippen LogP contribution in [0, 0.1) is 0 Å². The predicted octanol–water partition coefficient (Wildman–Crippen LogP) is 4.12. The first-order valence-electron chi connectivity index (χ1n) is 8.17. The normalized spacial score (nSPS) is 12.0. The van der Waals surface area contributed by atoms with Gasteiger partial charge in [0.2, 0.25) is 6.79 Å². The second-order valence-electron chi connectivity index (χ2n) is 5.86. The van der Waals surface area contributed by atoms with Gasteiger partial charge in [-0.3, -0.25) is 0 Å². The van der Waals surface area contributed by atoms with Crippen LogP contribution in [0.25, 0.3) is 5.69 Å². The predicted molar refractivity (Wildman–Crippen MR) is 106 cm³/mol. The summed E-state index contributed by atoms with van der Waals surface area (Å²) in [5.74, 6) is 1.60. The Morgan fingerprint density at radius 2 is 1.96 bits per heavy atom. The average Bonchev–Trinajstić information content (AvgIpc) is 3.31. The Morgan fingerprint density at radius 3 is 2.73 bits per heavy atom. The Bertz CT molecular complexity index is 854. The van der Waals surface area contributed by atoms with Crippen LogP contribution in [0.5, 0.6) is 11.5 Å². The van der Waals surface area contributed by atoms with Gasteiger partial charge in [0.05, 0.1) is 10.2 Å². The first kappa shape index (κ1) is 18.8. The molecule has 3 aromatic rings. The molecule has 5 nitrogen and oxygen atoms in total. The minimum Gasteiger partial charge on any atom is -0.454 e. The maximum atomic E-state index is 5.45. The van der Waals surface area contributed by atoms with Gasteiger partial charge in [0.25, 0.3) is 0 Å². The largest absolute Gasteiger partial charge is 0.454 e. The van der Waals surface area contributed by atoms with Gasteiger partial charge in [-0.25, -0.2) is 4.68 Å². The zero-order chi connectivity index (χ0) is 17.1. The second kappa shape index (κ2) is 8.58. The Morgan fingerprint density at radius 1 is 1.12 bits per heavy atom. The maximum absolute atomic E-state index is 5.45. The van der Waals surface area contributed by atoms with Crippen molar-refractivity contribution in [3.63, 3.8) is 0 Å². The van der Waals surface area contributed by atoms with Crippen molar-refractivity contribution >= 4 is 28.3 Å². The lowest BCUT2D eigenvalue weighted by atomic mass is 10.1. The fourth-order valence-corrected chi connectivity index (χ4v) is 3.43. The van der Waals surface area contributed by atoms with E-state index in [9.17, 15) is 0 Å². The van der Waals surface area contributed by atoms with E-state index in [4.69, 9.17) is 9.47 Å². The lowest BCUT2D eigenvalue weighted by Gasteiger charge is -2.08. The van der Waals surface area contributed by atoms with E-state index in [0.29, 0.717) is 6.79 Å². The minimum atomic E-state index is 0. The molecule has 4 rings (SSSR count). The van der Waals surface area contributed by atoms with Gasteiger partial charge in [0, 0.05) is 18.9 Å². The highest BCUT2D eigenvalue weighted by Crippen LogP contribution is 2.39. The first-order valence-corrected chi connectivity index (χ1v) is 8.96. The molecule has 0 saturated heterocycles. The molecule has 2 heterocycles. The van der Waals surface area contributed by atoms with Gasteiger partial charge in [0.1, 0.15) is 0 Å². The van der Waals surface area contributed by atoms with Crippen LogP contribution in [-0.2, 0) is 13.0 Å². The summed E-state index contributed by atoms with van der Waals surface area (Å²) < 4.78 is 13.7. The van der Waals surface area contributed by atoms with Crippen LogP contribution < -0.4 is 14.8 Å². The van der Waals surface area contributed by atoms with Crippen molar-refractivity contribution in [1.82, 2.24) is 15.1 Å². The van der Waals surface area contributed by atoms with E-state index in [0.717, 1.165) is 41.2 Å². The standard InChI is InChI=1S/C19H18BrN3O2.ClH/c20-17-10-15(11-18-19(17)25-13-24-18)12-21-8-6-14-2-4-16(5-3-14)23-9-1-7-22-23;/h1-5,7,9-11,21H,6,8,12-13H2;1H. The number of nitrogens with one attached hydrogen (secondary N) is 1. The molecule has 0 aliphatic carbocycles. The SMILES string of the molecule is Brc1cc(CNCCc2ccc(-n3cccn3)cc2)cc2c1OCO2.Cl. The summed E-state index contributed by atoms with van der Waals surface area (Å²) in [6.45, 7) is 1.99. The maximum Gasteiger partial charge on any atom is 0.231 e. The van der Waals surface area contributed by atoms with Crippen molar-refractivity contribution in [3.05, 3.63) is 70.5 Å². The highest BCUT2D eigenvalue weighted by atomic mass is 79.9. The molecule has 26 heavy (non-hydrogen) atoms. The number of nitrogens with zero attached hydrogens (tertiary/aromatic N) is 2. The van der Waals surface area contributed by atoms with E-state index in [1.165, 1.54) is 11.1 Å². The van der Waals surface area contributed by atoms with Crippen LogP contribution in [0.3, 0.4) is 0 Å². The molecule has 0 bridgehead atoms. The van der Waals surface area contributed by atoms with E-state index in [2.05, 4.69) is 56.7 Å². The Kier molecular flexibility index (Phi) is 6.19. The van der Waals surface area contributed by atoms with Crippen molar-refractivity contribution in [1.29, 1.82) is 0 Å². The number of aromatic nitrogens is 2. The Balaban J connectivity index is 0.00000196. The molecule has 0 spiro atoms. The van der Waals surface area contributed by atoms with Gasteiger partial charge >= 0.3 is 0 Å². The van der Waals surface area contributed by atoms with Crippen LogP contribution in [0.15, 0.2) is 59.3 Å². The Hall–Kier alpha value is -2.02. The topological polar surface area (TPSA) is 48.3 Å². The Labute approximate surface area is 166 Å². The molecule has 1 aliphatic heterocycles. The average molecular weight is 437 g/mol. The van der Waals surface area contributed by atoms with Gasteiger partial charge in [-0.1, -0.05) is 12.1 Å². The van der Waals surface area contributed by atoms with Crippen molar-refractivity contribution in [2.75, 3.05) is 13.3 Å². The third-order valence-electron chi connectivity index (χ3n) is 4.11. The summed E-state index contributed by atoms with van der Waals surface area (Å²) in [4.78, 5) is 0. The number of ether oxygens (including phenoxy) is 2. The van der Waals surface area contributed by atoms with Crippen LogP contribution in [0.2, 0.25) is 0 Å². The summed E-state index contributed by atoms with van der Waals surface area (Å²) in [6.07, 6.45) is 4.71. The van der Waals surface area contributed by atoms with E-state index in [-0.39, 0.29) is 12.4 Å². The number of hydrogen-bond donors (Lipinski definition) is 1. The molecule has 0 unspecified atom stereocenters. The van der Waals surface area contributed by atoms with Crippen LogP contribution in [0.1, 0.15) is 11.1 Å². The molecular formula is C19H19BrClN3O2. The monoisotopic (exact) mass is 435 g/mol. The van der Waals surface area contributed by atoms with E-state index in [1.807, 2.05) is 23.0 Å². The van der Waals surface area contributed by atoms with Crippen molar-refractivity contribution in [3.8, 4) is 17.2 Å². The van der Waals surface area contributed by atoms with Gasteiger partial charge < -0.3 is 14.8 Å². The van der Waals surface area contributed by atoms with Crippen LogP contribution >= 0.6 is 28.3 Å². The zero-order valence-electron chi connectivity index (χ0n) is 14.0. The molecule has 0 amide bonds.